The minimum Gasteiger partial charge on any atom is -0.511 e. The first-order valence-corrected chi connectivity index (χ1v) is 8.37. The number of aliphatic imine (C=N–C) groups is 1. The molecule has 5 heteroatoms. The molecule has 0 amide bonds. The number of rotatable bonds is 7. The van der Waals surface area contributed by atoms with E-state index < -0.39 is 17.3 Å². The van der Waals surface area contributed by atoms with Crippen molar-refractivity contribution in [1.82, 2.24) is 0 Å². The van der Waals surface area contributed by atoms with Crippen LogP contribution in [0.15, 0.2) is 16.3 Å². The van der Waals surface area contributed by atoms with Crippen LogP contribution < -0.4 is 0 Å². The zero-order valence-corrected chi connectivity index (χ0v) is 14.9. The van der Waals surface area contributed by atoms with Crippen molar-refractivity contribution in [3.05, 3.63) is 11.3 Å². The summed E-state index contributed by atoms with van der Waals surface area (Å²) in [6, 6.07) is 0. The van der Waals surface area contributed by atoms with Gasteiger partial charge in [0.05, 0.1) is 12.7 Å². The van der Waals surface area contributed by atoms with Gasteiger partial charge >= 0.3 is 5.97 Å². The van der Waals surface area contributed by atoms with E-state index >= 15 is 0 Å². The maximum atomic E-state index is 12.5. The standard InChI is InChI=1S/C18H29NO4/c1-6-8-10-19-12-11-18(3,4)15(17(22)23-5)16(21)14(12)13(20)9-7-2/h15,21H,6-11H2,1-5H3/t15-/m1/s1. The lowest BCUT2D eigenvalue weighted by Crippen LogP contribution is -2.42. The predicted molar refractivity (Wildman–Crippen MR) is 90.7 cm³/mol. The highest BCUT2D eigenvalue weighted by molar-refractivity contribution is 6.24. The van der Waals surface area contributed by atoms with Gasteiger partial charge in [0.2, 0.25) is 0 Å². The van der Waals surface area contributed by atoms with Crippen molar-refractivity contribution < 1.29 is 19.4 Å². The summed E-state index contributed by atoms with van der Waals surface area (Å²) < 4.78 is 4.83. The summed E-state index contributed by atoms with van der Waals surface area (Å²) in [6.45, 7) is 8.39. The fourth-order valence-corrected chi connectivity index (χ4v) is 3.00. The van der Waals surface area contributed by atoms with Crippen molar-refractivity contribution in [1.29, 1.82) is 0 Å². The van der Waals surface area contributed by atoms with Crippen LogP contribution >= 0.6 is 0 Å². The normalized spacial score (nSPS) is 22.3. The van der Waals surface area contributed by atoms with Gasteiger partial charge in [0.15, 0.2) is 5.78 Å². The topological polar surface area (TPSA) is 76.0 Å². The Kier molecular flexibility index (Phi) is 6.98. The number of ether oxygens (including phenoxy) is 1. The third kappa shape index (κ3) is 4.43. The zero-order chi connectivity index (χ0) is 17.6. The van der Waals surface area contributed by atoms with Crippen molar-refractivity contribution in [2.75, 3.05) is 13.7 Å². The van der Waals surface area contributed by atoms with E-state index in [1.54, 1.807) is 0 Å². The van der Waals surface area contributed by atoms with Crippen LogP contribution in [0.25, 0.3) is 0 Å². The number of Topliss-reactive ketones (excluding diaryl/α,β-unsaturated/α-hetero) is 1. The van der Waals surface area contributed by atoms with E-state index in [1.165, 1.54) is 7.11 Å². The fourth-order valence-electron chi connectivity index (χ4n) is 3.00. The summed E-state index contributed by atoms with van der Waals surface area (Å²) in [5, 5.41) is 10.7. The average molecular weight is 323 g/mol. The average Bonchev–Trinajstić information content (AvgIpc) is 2.46. The zero-order valence-electron chi connectivity index (χ0n) is 14.9. The molecule has 0 radical (unpaired) electrons. The Bertz CT molecular complexity index is 517. The summed E-state index contributed by atoms with van der Waals surface area (Å²) in [5.74, 6) is -1.67. The lowest BCUT2D eigenvalue weighted by Gasteiger charge is -2.37. The van der Waals surface area contributed by atoms with Crippen LogP contribution in [0.1, 0.15) is 59.8 Å². The molecule has 1 aliphatic carbocycles. The van der Waals surface area contributed by atoms with E-state index in [-0.39, 0.29) is 17.1 Å². The van der Waals surface area contributed by atoms with E-state index in [9.17, 15) is 14.7 Å². The number of methoxy groups -OCH3 is 1. The molecule has 1 rings (SSSR count). The number of hydrogen-bond donors (Lipinski definition) is 1. The van der Waals surface area contributed by atoms with Gasteiger partial charge in [0.25, 0.3) is 0 Å². The number of ketones is 1. The second-order valence-corrected chi connectivity index (χ2v) is 6.74. The smallest absolute Gasteiger partial charge is 0.316 e. The number of aliphatic hydroxyl groups excluding tert-OH is 1. The highest BCUT2D eigenvalue weighted by Gasteiger charge is 2.47. The molecule has 0 bridgehead atoms. The van der Waals surface area contributed by atoms with Gasteiger partial charge in [0, 0.05) is 18.7 Å². The van der Waals surface area contributed by atoms with Crippen LogP contribution in [0, 0.1) is 11.3 Å². The lowest BCUT2D eigenvalue weighted by atomic mass is 9.67. The van der Waals surface area contributed by atoms with Crippen LogP contribution in [-0.4, -0.2) is 36.2 Å². The number of hydrogen-bond acceptors (Lipinski definition) is 5. The van der Waals surface area contributed by atoms with E-state index in [1.807, 2.05) is 20.8 Å². The maximum Gasteiger partial charge on any atom is 0.316 e. The van der Waals surface area contributed by atoms with Crippen molar-refractivity contribution >= 4 is 17.5 Å². The molecule has 0 spiro atoms. The molecule has 0 saturated heterocycles. The second kappa shape index (κ2) is 8.27. The molecule has 5 nitrogen and oxygen atoms in total. The number of unbranched alkanes of at least 4 members (excludes halogenated alkanes) is 1. The summed E-state index contributed by atoms with van der Waals surface area (Å²) in [6.07, 6.45) is 3.44. The molecular formula is C18H29NO4. The van der Waals surface area contributed by atoms with Gasteiger partial charge in [-0.2, -0.15) is 0 Å². The molecule has 0 saturated carbocycles. The first-order chi connectivity index (χ1) is 10.8. The van der Waals surface area contributed by atoms with Gasteiger partial charge < -0.3 is 9.84 Å². The van der Waals surface area contributed by atoms with Crippen LogP contribution in [0.5, 0.6) is 0 Å². The van der Waals surface area contributed by atoms with Crippen molar-refractivity contribution in [3.63, 3.8) is 0 Å². The quantitative estimate of drug-likeness (QED) is 0.573. The Hall–Kier alpha value is -1.65. The Balaban J connectivity index is 3.37. The third-order valence-corrected chi connectivity index (χ3v) is 4.23. The summed E-state index contributed by atoms with van der Waals surface area (Å²) >= 11 is 0. The summed E-state index contributed by atoms with van der Waals surface area (Å²) in [4.78, 5) is 29.1. The number of esters is 1. The monoisotopic (exact) mass is 323 g/mol. The van der Waals surface area contributed by atoms with Crippen LogP contribution in [0.4, 0.5) is 0 Å². The lowest BCUT2D eigenvalue weighted by molar-refractivity contribution is -0.149. The van der Waals surface area contributed by atoms with Crippen molar-refractivity contribution in [2.45, 2.75) is 59.8 Å². The van der Waals surface area contributed by atoms with Gasteiger partial charge in [0.1, 0.15) is 11.7 Å². The first-order valence-electron chi connectivity index (χ1n) is 8.37. The van der Waals surface area contributed by atoms with Gasteiger partial charge in [-0.05, 0) is 24.7 Å². The minimum atomic E-state index is -0.826. The highest BCUT2D eigenvalue weighted by atomic mass is 16.5. The molecule has 1 aliphatic rings. The summed E-state index contributed by atoms with van der Waals surface area (Å²) in [5.41, 5.74) is 0.315. The Morgan fingerprint density at radius 3 is 2.48 bits per heavy atom. The molecule has 1 N–H and O–H groups in total. The molecule has 0 unspecified atom stereocenters. The Morgan fingerprint density at radius 2 is 1.96 bits per heavy atom. The second-order valence-electron chi connectivity index (χ2n) is 6.74. The molecule has 0 aliphatic heterocycles. The number of carbonyl (C=O) groups is 2. The van der Waals surface area contributed by atoms with E-state index in [0.717, 1.165) is 12.8 Å². The van der Waals surface area contributed by atoms with Crippen molar-refractivity contribution in [3.8, 4) is 0 Å². The van der Waals surface area contributed by atoms with Gasteiger partial charge in [-0.25, -0.2) is 0 Å². The molecule has 23 heavy (non-hydrogen) atoms. The molecule has 130 valence electrons. The predicted octanol–water partition coefficient (Wildman–Crippen LogP) is 3.63. The molecule has 1 atom stereocenters. The first kappa shape index (κ1) is 19.4. The highest BCUT2D eigenvalue weighted by Crippen LogP contribution is 2.43. The Labute approximate surface area is 138 Å². The van der Waals surface area contributed by atoms with Gasteiger partial charge in [-0.15, -0.1) is 0 Å². The van der Waals surface area contributed by atoms with Crippen LogP contribution in [-0.2, 0) is 14.3 Å². The Morgan fingerprint density at radius 1 is 1.30 bits per heavy atom. The van der Waals surface area contributed by atoms with Crippen molar-refractivity contribution in [2.24, 2.45) is 16.3 Å². The molecular weight excluding hydrogens is 294 g/mol. The number of carbonyl (C=O) groups excluding carboxylic acids is 2. The minimum absolute atomic E-state index is 0.148. The van der Waals surface area contributed by atoms with Crippen LogP contribution in [0.3, 0.4) is 0 Å². The van der Waals surface area contributed by atoms with E-state index in [4.69, 9.17) is 4.74 Å². The van der Waals surface area contributed by atoms with E-state index in [2.05, 4.69) is 11.9 Å². The third-order valence-electron chi connectivity index (χ3n) is 4.23. The van der Waals surface area contributed by atoms with Crippen LogP contribution in [0.2, 0.25) is 0 Å². The summed E-state index contributed by atoms with van der Waals surface area (Å²) in [7, 11) is 1.30. The largest absolute Gasteiger partial charge is 0.511 e. The van der Waals surface area contributed by atoms with E-state index in [0.29, 0.717) is 31.5 Å². The SMILES string of the molecule is CCCCN=C1CC(C)(C)[C@@H](C(=O)OC)C(O)=C1C(=O)CCC. The fraction of sp³-hybridized carbons (Fsp3) is 0.722. The number of aliphatic hydroxyl groups is 1. The van der Waals surface area contributed by atoms with Gasteiger partial charge in [-0.1, -0.05) is 34.1 Å². The van der Waals surface area contributed by atoms with Gasteiger partial charge in [-0.3, -0.25) is 14.6 Å². The number of allylic oxidation sites excluding steroid dienone is 1. The molecule has 0 aromatic carbocycles. The maximum absolute atomic E-state index is 12.5. The molecule has 0 aromatic heterocycles. The number of nitrogens with zero attached hydrogens (tertiary/aromatic N) is 1. The molecule has 0 aromatic rings. The molecule has 0 fully saturated rings. The molecule has 0 heterocycles.